The fourth-order valence-corrected chi connectivity index (χ4v) is 4.96. The predicted octanol–water partition coefficient (Wildman–Crippen LogP) is 4.59. The van der Waals surface area contributed by atoms with Gasteiger partial charge in [0, 0.05) is 25.2 Å². The van der Waals surface area contributed by atoms with Crippen molar-refractivity contribution in [2.24, 2.45) is 0 Å². The fourth-order valence-electron chi connectivity index (χ4n) is 4.96. The van der Waals surface area contributed by atoms with Crippen LogP contribution >= 0.6 is 0 Å². The number of benzene rings is 2. The normalized spacial score (nSPS) is 14.2. The zero-order chi connectivity index (χ0) is 29.1. The number of nitrogens with zero attached hydrogens (tertiary/aromatic N) is 5. The van der Waals surface area contributed by atoms with Crippen molar-refractivity contribution < 1.29 is 19.1 Å². The van der Waals surface area contributed by atoms with Gasteiger partial charge in [0.15, 0.2) is 5.65 Å². The summed E-state index contributed by atoms with van der Waals surface area (Å²) in [6.07, 6.45) is 2.57. The number of hydrogen-bond acceptors (Lipinski definition) is 8. The first-order chi connectivity index (χ1) is 19.6. The Labute approximate surface area is 238 Å². The number of nitrogens with one attached hydrogen (secondary N) is 1. The van der Waals surface area contributed by atoms with Crippen LogP contribution in [-0.4, -0.2) is 62.4 Å². The van der Waals surface area contributed by atoms with Gasteiger partial charge in [-0.3, -0.25) is 4.79 Å². The second kappa shape index (κ2) is 11.4. The summed E-state index contributed by atoms with van der Waals surface area (Å²) >= 11 is 0. The Balaban J connectivity index is 1.32. The number of piperidine rings is 1. The second-order valence-corrected chi connectivity index (χ2v) is 11.0. The molecule has 1 saturated heterocycles. The zero-order valence-electron chi connectivity index (χ0n) is 23.8. The lowest BCUT2D eigenvalue weighted by Crippen LogP contribution is -2.42. The molecule has 3 N–H and O–H groups in total. The molecular weight excluding hydrogens is 522 g/mol. The average molecular weight is 558 g/mol. The van der Waals surface area contributed by atoms with Gasteiger partial charge in [0.2, 0.25) is 0 Å². The van der Waals surface area contributed by atoms with Gasteiger partial charge < -0.3 is 25.4 Å². The van der Waals surface area contributed by atoms with Crippen LogP contribution < -0.4 is 15.8 Å². The third-order valence-corrected chi connectivity index (χ3v) is 7.01. The number of likely N-dealkylation sites (tertiary alicyclic amines) is 1. The summed E-state index contributed by atoms with van der Waals surface area (Å²) in [5, 5.41) is 8.59. The van der Waals surface area contributed by atoms with Gasteiger partial charge >= 0.3 is 6.09 Å². The molecule has 2 aromatic carbocycles. The van der Waals surface area contributed by atoms with Gasteiger partial charge in [0.25, 0.3) is 5.91 Å². The van der Waals surface area contributed by atoms with Crippen molar-refractivity contribution in [1.29, 1.82) is 0 Å². The van der Waals surface area contributed by atoms with Crippen LogP contribution in [0.3, 0.4) is 0 Å². The summed E-state index contributed by atoms with van der Waals surface area (Å²) in [7, 11) is 1.54. The molecule has 0 spiro atoms. The first kappa shape index (κ1) is 27.9. The molecule has 41 heavy (non-hydrogen) atoms. The van der Waals surface area contributed by atoms with Gasteiger partial charge in [-0.15, -0.1) is 0 Å². The van der Waals surface area contributed by atoms with Crippen LogP contribution in [-0.2, 0) is 11.3 Å². The molecule has 0 radical (unpaired) electrons. The molecule has 5 rings (SSSR count). The molecule has 2 amide bonds. The molecule has 11 nitrogen and oxygen atoms in total. The Morgan fingerprint density at radius 1 is 1.05 bits per heavy atom. The summed E-state index contributed by atoms with van der Waals surface area (Å²) in [6, 6.07) is 15.0. The maximum Gasteiger partial charge on any atom is 0.410 e. The number of carbonyl (C=O) groups is 2. The van der Waals surface area contributed by atoms with Gasteiger partial charge in [0.1, 0.15) is 29.2 Å². The van der Waals surface area contributed by atoms with Crippen molar-refractivity contribution in [3.8, 4) is 17.0 Å². The van der Waals surface area contributed by atoms with E-state index in [2.05, 4.69) is 15.3 Å². The largest absolute Gasteiger partial charge is 0.496 e. The first-order valence-corrected chi connectivity index (χ1v) is 13.6. The van der Waals surface area contributed by atoms with Crippen molar-refractivity contribution in [3.63, 3.8) is 0 Å². The van der Waals surface area contributed by atoms with Crippen molar-refractivity contribution in [2.75, 3.05) is 25.9 Å². The van der Waals surface area contributed by atoms with E-state index in [0.717, 1.165) is 11.1 Å². The number of para-hydroxylation sites is 1. The summed E-state index contributed by atoms with van der Waals surface area (Å²) in [4.78, 5) is 35.7. The molecule has 1 fully saturated rings. The topological polar surface area (TPSA) is 137 Å². The fraction of sp³-hybridized carbons (Fsp3) is 0.367. The number of nitrogen functional groups attached to an aromatic ring is 1. The number of nitrogens with two attached hydrogens (primary N) is 1. The number of fused-ring (bicyclic) bond motifs is 1. The molecule has 1 aliphatic rings. The Morgan fingerprint density at radius 3 is 2.44 bits per heavy atom. The SMILES string of the molecule is COc1ccccc1C(=O)NCc1ccc(-c2nn(C3CCN(C(=O)OC(C)(C)C)CC3)c3ncnc(N)c23)cc1. The highest BCUT2D eigenvalue weighted by Gasteiger charge is 2.30. The molecule has 1 aliphatic heterocycles. The molecule has 0 aliphatic carbocycles. The summed E-state index contributed by atoms with van der Waals surface area (Å²) in [5.74, 6) is 0.674. The highest BCUT2D eigenvalue weighted by atomic mass is 16.6. The zero-order valence-corrected chi connectivity index (χ0v) is 23.8. The number of amides is 2. The first-order valence-electron chi connectivity index (χ1n) is 13.6. The smallest absolute Gasteiger partial charge is 0.410 e. The van der Waals surface area contributed by atoms with Gasteiger partial charge in [-0.1, -0.05) is 36.4 Å². The van der Waals surface area contributed by atoms with Crippen LogP contribution in [0, 0.1) is 0 Å². The van der Waals surface area contributed by atoms with E-state index in [9.17, 15) is 9.59 Å². The summed E-state index contributed by atoms with van der Waals surface area (Å²) in [5.41, 5.74) is 9.41. The Kier molecular flexibility index (Phi) is 7.78. The maximum absolute atomic E-state index is 12.7. The van der Waals surface area contributed by atoms with Gasteiger partial charge in [-0.05, 0) is 51.3 Å². The van der Waals surface area contributed by atoms with E-state index in [1.165, 1.54) is 6.33 Å². The van der Waals surface area contributed by atoms with Crippen LogP contribution in [0.4, 0.5) is 10.6 Å². The van der Waals surface area contributed by atoms with Crippen LogP contribution in [0.15, 0.2) is 54.9 Å². The summed E-state index contributed by atoms with van der Waals surface area (Å²) in [6.45, 7) is 7.07. The minimum Gasteiger partial charge on any atom is -0.496 e. The number of anilines is 1. The third-order valence-electron chi connectivity index (χ3n) is 7.01. The van der Waals surface area contributed by atoms with Crippen LogP contribution in [0.25, 0.3) is 22.3 Å². The van der Waals surface area contributed by atoms with E-state index in [-0.39, 0.29) is 18.0 Å². The van der Waals surface area contributed by atoms with Crippen LogP contribution in [0.5, 0.6) is 5.75 Å². The monoisotopic (exact) mass is 557 g/mol. The number of ether oxygens (including phenoxy) is 2. The summed E-state index contributed by atoms with van der Waals surface area (Å²) < 4.78 is 12.7. The van der Waals surface area contributed by atoms with Crippen LogP contribution in [0.1, 0.15) is 55.6 Å². The number of methoxy groups -OCH3 is 1. The van der Waals surface area contributed by atoms with Gasteiger partial charge in [-0.2, -0.15) is 5.10 Å². The quantitative estimate of drug-likeness (QED) is 0.351. The maximum atomic E-state index is 12.7. The van der Waals surface area contributed by atoms with E-state index in [1.54, 1.807) is 30.2 Å². The average Bonchev–Trinajstić information content (AvgIpc) is 3.36. The molecular formula is C30H35N7O4. The predicted molar refractivity (Wildman–Crippen MR) is 155 cm³/mol. The van der Waals surface area contributed by atoms with Gasteiger partial charge in [-0.25, -0.2) is 19.4 Å². The lowest BCUT2D eigenvalue weighted by molar-refractivity contribution is 0.0186. The molecule has 2 aromatic heterocycles. The molecule has 11 heteroatoms. The van der Waals surface area contributed by atoms with E-state index in [4.69, 9.17) is 20.3 Å². The molecule has 0 bridgehead atoms. The second-order valence-electron chi connectivity index (χ2n) is 11.0. The molecule has 0 saturated carbocycles. The Hall–Kier alpha value is -4.67. The minimum atomic E-state index is -0.536. The third kappa shape index (κ3) is 6.08. The lowest BCUT2D eigenvalue weighted by Gasteiger charge is -2.33. The highest BCUT2D eigenvalue weighted by molar-refractivity contribution is 5.98. The minimum absolute atomic E-state index is 0.0451. The standard InChI is InChI=1S/C30H35N7O4/c1-30(2,3)41-29(39)36-15-13-21(14-16-36)37-27-24(26(31)33-18-34-27)25(35-37)20-11-9-19(10-12-20)17-32-28(38)22-7-5-6-8-23(22)40-4/h5-12,18,21H,13-17H2,1-4H3,(H,32,38)(H2,31,33,34). The Morgan fingerprint density at radius 2 is 1.76 bits per heavy atom. The van der Waals surface area contributed by atoms with E-state index in [0.29, 0.717) is 66.3 Å². The van der Waals surface area contributed by atoms with Crippen molar-refractivity contribution in [3.05, 3.63) is 66.0 Å². The highest BCUT2D eigenvalue weighted by Crippen LogP contribution is 2.34. The molecule has 0 atom stereocenters. The van der Waals surface area contributed by atoms with E-state index in [1.807, 2.05) is 55.8 Å². The Bertz CT molecular complexity index is 1550. The van der Waals surface area contributed by atoms with Gasteiger partial charge in [0.05, 0.1) is 24.1 Å². The number of carbonyl (C=O) groups excluding carboxylic acids is 2. The van der Waals surface area contributed by atoms with Crippen molar-refractivity contribution >= 4 is 28.9 Å². The van der Waals surface area contributed by atoms with Crippen molar-refractivity contribution in [1.82, 2.24) is 30.0 Å². The number of aromatic nitrogens is 4. The number of hydrogen-bond donors (Lipinski definition) is 2. The number of rotatable bonds is 6. The molecule has 3 heterocycles. The molecule has 4 aromatic rings. The molecule has 214 valence electrons. The molecule has 0 unspecified atom stereocenters. The van der Waals surface area contributed by atoms with E-state index < -0.39 is 5.60 Å². The van der Waals surface area contributed by atoms with Crippen molar-refractivity contribution in [2.45, 2.75) is 51.8 Å². The lowest BCUT2D eigenvalue weighted by atomic mass is 10.1. The van der Waals surface area contributed by atoms with E-state index >= 15 is 0 Å². The van der Waals surface area contributed by atoms with Crippen LogP contribution in [0.2, 0.25) is 0 Å².